The number of carbonyl (C=O) groups is 2. The van der Waals surface area contributed by atoms with E-state index in [0.717, 1.165) is 22.4 Å². The van der Waals surface area contributed by atoms with Gasteiger partial charge in [-0.05, 0) is 48.4 Å². The molecule has 3 aromatic carbocycles. The van der Waals surface area contributed by atoms with Crippen LogP contribution in [0.15, 0.2) is 109 Å². The van der Waals surface area contributed by atoms with E-state index < -0.39 is 17.6 Å². The Morgan fingerprint density at radius 3 is 2.14 bits per heavy atom. The fourth-order valence-electron chi connectivity index (χ4n) is 5.26. The minimum absolute atomic E-state index is 0.310. The number of fused-ring (bicyclic) bond motifs is 1. The van der Waals surface area contributed by atoms with E-state index in [2.05, 4.69) is 4.98 Å². The molecule has 4 aromatic rings. The van der Waals surface area contributed by atoms with Gasteiger partial charge in [-0.3, -0.25) is 19.4 Å². The van der Waals surface area contributed by atoms with Crippen molar-refractivity contribution < 1.29 is 14.4 Å². The number of nitrogens with zero attached hydrogens (tertiary/aromatic N) is 3. The Hall–Kier alpha value is -4.29. The van der Waals surface area contributed by atoms with Crippen LogP contribution in [0.1, 0.15) is 22.7 Å². The lowest BCUT2D eigenvalue weighted by atomic mass is 9.69. The molecule has 0 aliphatic carbocycles. The first-order valence-corrected chi connectivity index (χ1v) is 11.5. The first-order chi connectivity index (χ1) is 17.1. The molecule has 0 bridgehead atoms. The minimum Gasteiger partial charge on any atom is -0.273 e. The number of aromatic nitrogens is 1. The summed E-state index contributed by atoms with van der Waals surface area (Å²) in [7, 11) is 0. The van der Waals surface area contributed by atoms with Crippen LogP contribution in [0.25, 0.3) is 0 Å². The van der Waals surface area contributed by atoms with Gasteiger partial charge in [0, 0.05) is 12.4 Å². The van der Waals surface area contributed by atoms with E-state index in [4.69, 9.17) is 4.84 Å². The molecule has 35 heavy (non-hydrogen) atoms. The van der Waals surface area contributed by atoms with Gasteiger partial charge in [-0.1, -0.05) is 72.3 Å². The lowest BCUT2D eigenvalue weighted by Crippen LogP contribution is -2.46. The third-order valence-electron chi connectivity index (χ3n) is 6.85. The molecule has 2 amide bonds. The number of benzene rings is 3. The highest BCUT2D eigenvalue weighted by molar-refractivity contribution is 6.28. The van der Waals surface area contributed by atoms with Crippen molar-refractivity contribution in [3.05, 3.63) is 126 Å². The molecule has 2 saturated heterocycles. The molecular formula is C29H23N3O3. The van der Waals surface area contributed by atoms with Crippen molar-refractivity contribution in [3.63, 3.8) is 0 Å². The minimum atomic E-state index is -1.30. The molecule has 2 aliphatic heterocycles. The van der Waals surface area contributed by atoms with Crippen LogP contribution in [0.3, 0.4) is 0 Å². The third kappa shape index (κ3) is 3.11. The second kappa shape index (κ2) is 8.18. The lowest BCUT2D eigenvalue weighted by molar-refractivity contribution is -0.126. The monoisotopic (exact) mass is 461 g/mol. The number of para-hydroxylation sites is 1. The number of hydrogen-bond acceptors (Lipinski definition) is 5. The Balaban J connectivity index is 1.61. The van der Waals surface area contributed by atoms with Gasteiger partial charge < -0.3 is 0 Å². The van der Waals surface area contributed by atoms with Gasteiger partial charge in [0.2, 0.25) is 5.91 Å². The number of pyridine rings is 1. The summed E-state index contributed by atoms with van der Waals surface area (Å²) in [6.45, 7) is 1.97. The molecule has 172 valence electrons. The SMILES string of the molecule is Cc1ccc(N2C(=O)C3ON(c4ccccc4)C(c4cccnc4)C3(c3ccccc3)C2=O)cc1. The Labute approximate surface area is 203 Å². The van der Waals surface area contributed by atoms with Gasteiger partial charge in [0.25, 0.3) is 5.91 Å². The molecule has 2 fully saturated rings. The average Bonchev–Trinajstić information content (AvgIpc) is 3.38. The molecule has 2 aliphatic rings. The summed E-state index contributed by atoms with van der Waals surface area (Å²) in [5.74, 6) is -0.690. The summed E-state index contributed by atoms with van der Waals surface area (Å²) < 4.78 is 0. The van der Waals surface area contributed by atoms with Gasteiger partial charge in [0.15, 0.2) is 6.10 Å². The molecule has 6 heteroatoms. The number of hydrogen-bond donors (Lipinski definition) is 0. The Morgan fingerprint density at radius 2 is 1.49 bits per heavy atom. The van der Waals surface area contributed by atoms with Crippen LogP contribution in [0.2, 0.25) is 0 Å². The van der Waals surface area contributed by atoms with Crippen LogP contribution < -0.4 is 9.96 Å². The van der Waals surface area contributed by atoms with Gasteiger partial charge in [0.05, 0.1) is 11.4 Å². The Bertz CT molecular complexity index is 1380. The lowest BCUT2D eigenvalue weighted by Gasteiger charge is -2.35. The first kappa shape index (κ1) is 21.3. The van der Waals surface area contributed by atoms with Gasteiger partial charge in [-0.15, -0.1) is 0 Å². The van der Waals surface area contributed by atoms with E-state index in [1.165, 1.54) is 4.90 Å². The van der Waals surface area contributed by atoms with Crippen LogP contribution >= 0.6 is 0 Å². The summed E-state index contributed by atoms with van der Waals surface area (Å²) in [5.41, 5.74) is 2.55. The maximum absolute atomic E-state index is 14.5. The van der Waals surface area contributed by atoms with Crippen LogP contribution in [0.5, 0.6) is 0 Å². The van der Waals surface area contributed by atoms with E-state index in [9.17, 15) is 9.59 Å². The molecule has 3 heterocycles. The van der Waals surface area contributed by atoms with Crippen molar-refractivity contribution in [2.24, 2.45) is 0 Å². The van der Waals surface area contributed by atoms with Gasteiger partial charge >= 0.3 is 0 Å². The van der Waals surface area contributed by atoms with E-state index in [1.807, 2.05) is 91.9 Å². The second-order valence-corrected chi connectivity index (χ2v) is 8.89. The average molecular weight is 462 g/mol. The maximum Gasteiger partial charge on any atom is 0.267 e. The van der Waals surface area contributed by atoms with Crippen molar-refractivity contribution >= 4 is 23.2 Å². The quantitative estimate of drug-likeness (QED) is 0.410. The summed E-state index contributed by atoms with van der Waals surface area (Å²) in [6.07, 6.45) is 2.40. The molecule has 6 rings (SSSR count). The first-order valence-electron chi connectivity index (χ1n) is 11.5. The highest BCUT2D eigenvalue weighted by Crippen LogP contribution is 2.56. The molecule has 0 spiro atoms. The van der Waals surface area contributed by atoms with Gasteiger partial charge in [-0.25, -0.2) is 9.96 Å². The molecule has 6 nitrogen and oxygen atoms in total. The highest BCUT2D eigenvalue weighted by Gasteiger charge is 2.72. The molecular weight excluding hydrogens is 438 g/mol. The topological polar surface area (TPSA) is 62.7 Å². The number of aryl methyl sites for hydroxylation is 1. The number of carbonyl (C=O) groups excluding carboxylic acids is 2. The highest BCUT2D eigenvalue weighted by atomic mass is 16.7. The third-order valence-corrected chi connectivity index (χ3v) is 6.85. The number of hydroxylamine groups is 1. The molecule has 0 N–H and O–H groups in total. The molecule has 1 aromatic heterocycles. The van der Waals surface area contributed by atoms with Crippen LogP contribution in [-0.4, -0.2) is 22.9 Å². The number of rotatable bonds is 4. The smallest absolute Gasteiger partial charge is 0.267 e. The largest absolute Gasteiger partial charge is 0.273 e. The standard InChI is InChI=1S/C29H23N3O3/c1-20-14-16-23(17-15-20)31-27(33)26-29(28(31)34,22-10-4-2-5-11-22)25(21-9-8-18-30-19-21)32(35-26)24-12-6-3-7-13-24/h2-19,25-26H,1H3. The Morgan fingerprint density at radius 1 is 0.800 bits per heavy atom. The molecule has 3 unspecified atom stereocenters. The predicted octanol–water partition coefficient (Wildman–Crippen LogP) is 4.76. The van der Waals surface area contributed by atoms with Crippen LogP contribution in [0.4, 0.5) is 11.4 Å². The zero-order valence-corrected chi connectivity index (χ0v) is 19.1. The van der Waals surface area contributed by atoms with Crippen LogP contribution in [0, 0.1) is 6.92 Å². The summed E-state index contributed by atoms with van der Waals surface area (Å²) in [6, 6.07) is 29.6. The van der Waals surface area contributed by atoms with E-state index in [0.29, 0.717) is 5.69 Å². The van der Waals surface area contributed by atoms with Crippen molar-refractivity contribution in [1.29, 1.82) is 0 Å². The molecule has 0 radical (unpaired) electrons. The van der Waals surface area contributed by atoms with E-state index in [-0.39, 0.29) is 11.8 Å². The zero-order valence-electron chi connectivity index (χ0n) is 19.1. The van der Waals surface area contributed by atoms with E-state index in [1.54, 1.807) is 29.6 Å². The van der Waals surface area contributed by atoms with Crippen molar-refractivity contribution in [3.8, 4) is 0 Å². The maximum atomic E-state index is 14.5. The predicted molar refractivity (Wildman–Crippen MR) is 133 cm³/mol. The fourth-order valence-corrected chi connectivity index (χ4v) is 5.26. The van der Waals surface area contributed by atoms with Crippen LogP contribution in [-0.2, 0) is 19.8 Å². The number of anilines is 2. The van der Waals surface area contributed by atoms with Crippen molar-refractivity contribution in [2.75, 3.05) is 9.96 Å². The Kier molecular flexibility index (Phi) is 4.97. The van der Waals surface area contributed by atoms with Crippen molar-refractivity contribution in [1.82, 2.24) is 4.98 Å². The molecule has 3 atom stereocenters. The molecule has 0 saturated carbocycles. The number of amides is 2. The fraction of sp³-hybridized carbons (Fsp3) is 0.138. The van der Waals surface area contributed by atoms with Crippen molar-refractivity contribution in [2.45, 2.75) is 24.5 Å². The number of imide groups is 1. The van der Waals surface area contributed by atoms with Gasteiger partial charge in [0.1, 0.15) is 11.5 Å². The zero-order chi connectivity index (χ0) is 24.0. The second-order valence-electron chi connectivity index (χ2n) is 8.89. The summed E-state index contributed by atoms with van der Waals surface area (Å²) in [5, 5.41) is 1.71. The van der Waals surface area contributed by atoms with Gasteiger partial charge in [-0.2, -0.15) is 0 Å². The van der Waals surface area contributed by atoms with E-state index >= 15 is 0 Å². The summed E-state index contributed by atoms with van der Waals surface area (Å²) >= 11 is 0. The normalized spacial score (nSPS) is 23.6. The summed E-state index contributed by atoms with van der Waals surface area (Å²) in [4.78, 5) is 40.6.